The molecule has 2 aromatic rings. The summed E-state index contributed by atoms with van der Waals surface area (Å²) in [6, 6.07) is 14.6. The standard InChI is InChI=1S/C22H29N3O5S/c1-3-31(27,28)25-19-10-9-18(15-20(19)29-2)24-21(26)23-16-22(11-13-30-14-12-22)17-7-5-4-6-8-17/h4-10,15,25H,3,11-14,16H2,1-2H3,(H2,23,24,26). The Bertz CT molecular complexity index is 989. The molecule has 1 saturated heterocycles. The minimum atomic E-state index is -3.44. The number of nitrogens with one attached hydrogen (secondary N) is 3. The van der Waals surface area contributed by atoms with Crippen molar-refractivity contribution in [3.63, 3.8) is 0 Å². The Kier molecular flexibility index (Phi) is 7.40. The van der Waals surface area contributed by atoms with Crippen molar-refractivity contribution in [2.75, 3.05) is 42.7 Å². The van der Waals surface area contributed by atoms with Crippen LogP contribution in [0.5, 0.6) is 5.75 Å². The highest BCUT2D eigenvalue weighted by molar-refractivity contribution is 7.92. The quantitative estimate of drug-likeness (QED) is 0.576. The number of urea groups is 1. The summed E-state index contributed by atoms with van der Waals surface area (Å²) in [4.78, 5) is 12.6. The first-order valence-electron chi connectivity index (χ1n) is 10.2. The van der Waals surface area contributed by atoms with Crippen molar-refractivity contribution in [1.29, 1.82) is 0 Å². The Morgan fingerprint density at radius 1 is 1.13 bits per heavy atom. The minimum Gasteiger partial charge on any atom is -0.494 e. The Hall–Kier alpha value is -2.78. The van der Waals surface area contributed by atoms with Gasteiger partial charge in [0, 0.05) is 36.9 Å². The molecule has 2 aromatic carbocycles. The molecule has 0 atom stereocenters. The van der Waals surface area contributed by atoms with Crippen LogP contribution < -0.4 is 20.1 Å². The van der Waals surface area contributed by atoms with Crippen LogP contribution in [0, 0.1) is 0 Å². The molecule has 9 heteroatoms. The van der Waals surface area contributed by atoms with E-state index < -0.39 is 10.0 Å². The molecule has 168 valence electrons. The van der Waals surface area contributed by atoms with Crippen LogP contribution >= 0.6 is 0 Å². The fourth-order valence-electron chi connectivity index (χ4n) is 3.64. The van der Waals surface area contributed by atoms with Crippen LogP contribution in [0.4, 0.5) is 16.2 Å². The molecule has 8 nitrogen and oxygen atoms in total. The van der Waals surface area contributed by atoms with Gasteiger partial charge in [0.1, 0.15) is 5.75 Å². The highest BCUT2D eigenvalue weighted by Crippen LogP contribution is 2.34. The van der Waals surface area contributed by atoms with Gasteiger partial charge < -0.3 is 20.1 Å². The molecule has 0 spiro atoms. The molecule has 1 aliphatic heterocycles. The third-order valence-electron chi connectivity index (χ3n) is 5.53. The summed E-state index contributed by atoms with van der Waals surface area (Å²) in [7, 11) is -1.99. The van der Waals surface area contributed by atoms with Crippen molar-refractivity contribution < 1.29 is 22.7 Å². The fraction of sp³-hybridized carbons (Fsp3) is 0.409. The second kappa shape index (κ2) is 10.0. The third kappa shape index (κ3) is 5.89. The maximum absolute atomic E-state index is 12.6. The fourth-order valence-corrected chi connectivity index (χ4v) is 4.29. The van der Waals surface area contributed by atoms with Crippen molar-refractivity contribution in [1.82, 2.24) is 5.32 Å². The molecular formula is C22H29N3O5S. The minimum absolute atomic E-state index is 0.0488. The smallest absolute Gasteiger partial charge is 0.319 e. The highest BCUT2D eigenvalue weighted by atomic mass is 32.2. The van der Waals surface area contributed by atoms with Crippen LogP contribution in [0.1, 0.15) is 25.3 Å². The lowest BCUT2D eigenvalue weighted by atomic mass is 9.74. The van der Waals surface area contributed by atoms with Crippen LogP contribution in [0.15, 0.2) is 48.5 Å². The molecular weight excluding hydrogens is 418 g/mol. The van der Waals surface area contributed by atoms with Crippen molar-refractivity contribution in [3.05, 3.63) is 54.1 Å². The van der Waals surface area contributed by atoms with Crippen LogP contribution in [0.2, 0.25) is 0 Å². The molecule has 0 aromatic heterocycles. The first-order chi connectivity index (χ1) is 14.9. The van der Waals surface area contributed by atoms with E-state index in [-0.39, 0.29) is 17.2 Å². The van der Waals surface area contributed by atoms with Gasteiger partial charge in [-0.3, -0.25) is 4.72 Å². The Morgan fingerprint density at radius 2 is 1.84 bits per heavy atom. The SMILES string of the molecule is CCS(=O)(=O)Nc1ccc(NC(=O)NCC2(c3ccccc3)CCOCC2)cc1OC. The molecule has 3 N–H and O–H groups in total. The summed E-state index contributed by atoms with van der Waals surface area (Å²) in [5.74, 6) is 0.271. The van der Waals surface area contributed by atoms with Gasteiger partial charge in [0.05, 0.1) is 18.6 Å². The van der Waals surface area contributed by atoms with Gasteiger partial charge in [0.15, 0.2) is 0 Å². The van der Waals surface area contributed by atoms with Crippen molar-refractivity contribution in [3.8, 4) is 5.75 Å². The third-order valence-corrected chi connectivity index (χ3v) is 6.82. The summed E-state index contributed by atoms with van der Waals surface area (Å²) in [5, 5.41) is 5.77. The lowest BCUT2D eigenvalue weighted by Crippen LogP contribution is -2.45. The zero-order chi connectivity index (χ0) is 22.3. The van der Waals surface area contributed by atoms with E-state index in [1.165, 1.54) is 12.7 Å². The van der Waals surface area contributed by atoms with Gasteiger partial charge >= 0.3 is 6.03 Å². The van der Waals surface area contributed by atoms with Crippen LogP contribution in [0.25, 0.3) is 0 Å². The zero-order valence-electron chi connectivity index (χ0n) is 17.8. The zero-order valence-corrected chi connectivity index (χ0v) is 18.6. The Balaban J connectivity index is 1.67. The summed E-state index contributed by atoms with van der Waals surface area (Å²) in [6.07, 6.45) is 1.66. The van der Waals surface area contributed by atoms with Crippen LogP contribution in [0.3, 0.4) is 0 Å². The van der Waals surface area contributed by atoms with Crippen molar-refractivity contribution >= 4 is 27.4 Å². The Labute approximate surface area is 183 Å². The number of hydrogen-bond acceptors (Lipinski definition) is 5. The molecule has 3 rings (SSSR count). The summed E-state index contributed by atoms with van der Waals surface area (Å²) < 4.78 is 36.9. The molecule has 2 amide bonds. The van der Waals surface area contributed by atoms with Gasteiger partial charge in [-0.1, -0.05) is 30.3 Å². The predicted molar refractivity (Wildman–Crippen MR) is 121 cm³/mol. The van der Waals surface area contributed by atoms with E-state index in [1.54, 1.807) is 25.1 Å². The first kappa shape index (κ1) is 22.9. The molecule has 1 heterocycles. The number of benzene rings is 2. The van der Waals surface area contributed by atoms with Gasteiger partial charge in [0.25, 0.3) is 0 Å². The number of amides is 2. The summed E-state index contributed by atoms with van der Waals surface area (Å²) in [5.41, 5.74) is 1.83. The second-order valence-corrected chi connectivity index (χ2v) is 9.50. The number of hydrogen-bond donors (Lipinski definition) is 3. The van der Waals surface area contributed by atoms with Crippen LogP contribution in [-0.4, -0.2) is 47.1 Å². The average molecular weight is 448 g/mol. The van der Waals surface area contributed by atoms with E-state index in [1.807, 2.05) is 18.2 Å². The van der Waals surface area contributed by atoms with Gasteiger partial charge in [-0.15, -0.1) is 0 Å². The molecule has 0 aliphatic carbocycles. The number of ether oxygens (including phenoxy) is 2. The summed E-state index contributed by atoms with van der Waals surface area (Å²) >= 11 is 0. The second-order valence-electron chi connectivity index (χ2n) is 7.49. The van der Waals surface area contributed by atoms with E-state index in [0.29, 0.717) is 36.9 Å². The number of carbonyl (C=O) groups excluding carboxylic acids is 1. The number of carbonyl (C=O) groups is 1. The molecule has 0 bridgehead atoms. The highest BCUT2D eigenvalue weighted by Gasteiger charge is 2.34. The van der Waals surface area contributed by atoms with E-state index in [4.69, 9.17) is 9.47 Å². The number of sulfonamides is 1. The monoisotopic (exact) mass is 447 g/mol. The molecule has 31 heavy (non-hydrogen) atoms. The van der Waals surface area contributed by atoms with Gasteiger partial charge in [-0.25, -0.2) is 13.2 Å². The topological polar surface area (TPSA) is 106 Å². The van der Waals surface area contributed by atoms with Gasteiger partial charge in [0.2, 0.25) is 10.0 Å². The molecule has 1 aliphatic rings. The lowest BCUT2D eigenvalue weighted by Gasteiger charge is -2.38. The Morgan fingerprint density at radius 3 is 2.48 bits per heavy atom. The van der Waals surface area contributed by atoms with E-state index in [9.17, 15) is 13.2 Å². The normalized spacial score (nSPS) is 15.7. The summed E-state index contributed by atoms with van der Waals surface area (Å²) in [6.45, 7) is 3.35. The largest absolute Gasteiger partial charge is 0.494 e. The van der Waals surface area contributed by atoms with Crippen molar-refractivity contribution in [2.24, 2.45) is 0 Å². The van der Waals surface area contributed by atoms with E-state index >= 15 is 0 Å². The number of methoxy groups -OCH3 is 1. The number of rotatable bonds is 8. The maximum atomic E-state index is 12.6. The van der Waals surface area contributed by atoms with Crippen molar-refractivity contribution in [2.45, 2.75) is 25.2 Å². The van der Waals surface area contributed by atoms with Crippen LogP contribution in [-0.2, 0) is 20.2 Å². The molecule has 1 fully saturated rings. The molecule has 0 saturated carbocycles. The number of anilines is 2. The lowest BCUT2D eigenvalue weighted by molar-refractivity contribution is 0.0508. The first-order valence-corrected chi connectivity index (χ1v) is 11.9. The molecule has 0 radical (unpaired) electrons. The average Bonchev–Trinajstić information content (AvgIpc) is 2.80. The predicted octanol–water partition coefficient (Wildman–Crippen LogP) is 3.33. The van der Waals surface area contributed by atoms with E-state index in [2.05, 4.69) is 27.5 Å². The van der Waals surface area contributed by atoms with Gasteiger partial charge in [-0.2, -0.15) is 0 Å². The molecule has 0 unspecified atom stereocenters. The van der Waals surface area contributed by atoms with E-state index in [0.717, 1.165) is 12.8 Å². The van der Waals surface area contributed by atoms with Gasteiger partial charge in [-0.05, 0) is 37.5 Å². The maximum Gasteiger partial charge on any atom is 0.319 e.